The summed E-state index contributed by atoms with van der Waals surface area (Å²) in [6.07, 6.45) is 3.24. The number of ether oxygens (including phenoxy) is 2. The normalized spacial score (nSPS) is 20.8. The van der Waals surface area contributed by atoms with Crippen LogP contribution in [-0.4, -0.2) is 45.6 Å². The molecule has 0 amide bonds. The number of rotatable bonds is 5. The summed E-state index contributed by atoms with van der Waals surface area (Å²) in [4.78, 5) is 17.8. The third-order valence-corrected chi connectivity index (χ3v) is 8.27. The van der Waals surface area contributed by atoms with E-state index in [2.05, 4.69) is 14.8 Å². The molecule has 0 spiro atoms. The van der Waals surface area contributed by atoms with Crippen molar-refractivity contribution in [3.63, 3.8) is 0 Å². The Hall–Kier alpha value is -3.33. The largest absolute Gasteiger partial charge is 0.493 e. The van der Waals surface area contributed by atoms with Crippen LogP contribution in [-0.2, 0) is 21.2 Å². The number of allylic oxidation sites excluding steroid dienone is 2. The van der Waals surface area contributed by atoms with Crippen LogP contribution in [0.25, 0.3) is 0 Å². The molecule has 0 unspecified atom stereocenters. The van der Waals surface area contributed by atoms with Crippen LogP contribution in [0.2, 0.25) is 0 Å². The minimum Gasteiger partial charge on any atom is -0.493 e. The molecule has 1 atom stereocenters. The van der Waals surface area contributed by atoms with Gasteiger partial charge in [0.05, 0.1) is 36.4 Å². The zero-order valence-electron chi connectivity index (χ0n) is 20.1. The predicted octanol–water partition coefficient (Wildman–Crippen LogP) is 3.66. The van der Waals surface area contributed by atoms with E-state index in [0.29, 0.717) is 35.6 Å². The van der Waals surface area contributed by atoms with E-state index in [1.807, 2.05) is 19.1 Å². The molecule has 2 aromatic rings. The van der Waals surface area contributed by atoms with Crippen LogP contribution < -0.4 is 14.3 Å². The molecule has 0 saturated carbocycles. The fourth-order valence-corrected chi connectivity index (χ4v) is 6.12. The van der Waals surface area contributed by atoms with E-state index in [4.69, 9.17) is 9.47 Å². The maximum absolute atomic E-state index is 13.0. The van der Waals surface area contributed by atoms with Gasteiger partial charge < -0.3 is 14.4 Å². The van der Waals surface area contributed by atoms with E-state index >= 15 is 0 Å². The Kier molecular flexibility index (Phi) is 6.04. The van der Waals surface area contributed by atoms with E-state index in [9.17, 15) is 13.2 Å². The lowest BCUT2D eigenvalue weighted by atomic mass is 9.79. The number of fused-ring (bicyclic) bond motifs is 4. The third kappa shape index (κ3) is 4.18. The SMILES string of the molecule is COc1cc2c(cc1OC)[C@H]1C/C(=N/NS(=O)(=O)c3ccc(C)cc3)C3=C(CCCC3=O)N1CC2. The Morgan fingerprint density at radius 2 is 1.74 bits per heavy atom. The Morgan fingerprint density at radius 1 is 1.03 bits per heavy atom. The number of nitrogens with zero attached hydrogens (tertiary/aromatic N) is 2. The van der Waals surface area contributed by atoms with Gasteiger partial charge in [-0.15, -0.1) is 0 Å². The molecule has 2 heterocycles. The minimum absolute atomic E-state index is 0.0242. The van der Waals surface area contributed by atoms with Gasteiger partial charge in [0.2, 0.25) is 0 Å². The molecule has 0 saturated heterocycles. The van der Waals surface area contributed by atoms with Gasteiger partial charge in [-0.25, -0.2) is 0 Å². The van der Waals surface area contributed by atoms with Crippen molar-refractivity contribution in [3.05, 3.63) is 64.4 Å². The first kappa shape index (κ1) is 23.4. The van der Waals surface area contributed by atoms with Crippen molar-refractivity contribution in [1.29, 1.82) is 0 Å². The Morgan fingerprint density at radius 3 is 2.46 bits per heavy atom. The van der Waals surface area contributed by atoms with Crippen LogP contribution in [0, 0.1) is 6.92 Å². The number of Topliss-reactive ketones (excluding diaryl/α,β-unsaturated/α-hetero) is 1. The lowest BCUT2D eigenvalue weighted by Gasteiger charge is -2.46. The number of sulfonamides is 1. The van der Waals surface area contributed by atoms with Crippen molar-refractivity contribution in [3.8, 4) is 11.5 Å². The topological polar surface area (TPSA) is 97.3 Å². The average molecular weight is 496 g/mol. The average Bonchev–Trinajstić information content (AvgIpc) is 2.86. The number of nitrogens with one attached hydrogen (secondary N) is 1. The van der Waals surface area contributed by atoms with Gasteiger partial charge in [0.25, 0.3) is 10.0 Å². The molecule has 0 radical (unpaired) electrons. The van der Waals surface area contributed by atoms with Crippen LogP contribution >= 0.6 is 0 Å². The summed E-state index contributed by atoms with van der Waals surface area (Å²) < 4.78 is 36.8. The highest BCUT2D eigenvalue weighted by molar-refractivity contribution is 7.89. The van der Waals surface area contributed by atoms with Gasteiger partial charge in [-0.05, 0) is 61.6 Å². The summed E-state index contributed by atoms with van der Waals surface area (Å²) in [5.74, 6) is 1.35. The molecule has 2 aliphatic heterocycles. The van der Waals surface area contributed by atoms with Gasteiger partial charge in [0.15, 0.2) is 17.3 Å². The number of aryl methyl sites for hydroxylation is 1. The van der Waals surface area contributed by atoms with Gasteiger partial charge in [-0.1, -0.05) is 17.7 Å². The van der Waals surface area contributed by atoms with Gasteiger partial charge in [0.1, 0.15) is 0 Å². The van der Waals surface area contributed by atoms with Gasteiger partial charge in [0, 0.05) is 25.1 Å². The molecule has 0 aromatic heterocycles. The molecule has 9 heteroatoms. The molecule has 184 valence electrons. The predicted molar refractivity (Wildman–Crippen MR) is 132 cm³/mol. The summed E-state index contributed by atoms with van der Waals surface area (Å²) in [5.41, 5.74) is 5.24. The van der Waals surface area contributed by atoms with Crippen LogP contribution in [0.15, 0.2) is 57.7 Å². The maximum Gasteiger partial charge on any atom is 0.276 e. The molecule has 5 rings (SSSR count). The van der Waals surface area contributed by atoms with Crippen molar-refractivity contribution in [2.45, 2.75) is 50.0 Å². The number of carbonyl (C=O) groups is 1. The number of benzene rings is 2. The third-order valence-electron chi connectivity index (χ3n) is 7.04. The number of ketones is 1. The van der Waals surface area contributed by atoms with Crippen molar-refractivity contribution in [2.24, 2.45) is 5.10 Å². The number of methoxy groups -OCH3 is 2. The summed E-state index contributed by atoms with van der Waals surface area (Å²) >= 11 is 0. The molecule has 8 nitrogen and oxygen atoms in total. The zero-order chi connectivity index (χ0) is 24.7. The van der Waals surface area contributed by atoms with Crippen molar-refractivity contribution < 1.29 is 22.7 Å². The van der Waals surface area contributed by atoms with Crippen molar-refractivity contribution in [2.75, 3.05) is 20.8 Å². The Labute approximate surface area is 205 Å². The highest BCUT2D eigenvalue weighted by Crippen LogP contribution is 2.46. The second kappa shape index (κ2) is 9.03. The van der Waals surface area contributed by atoms with Crippen LogP contribution in [0.1, 0.15) is 48.4 Å². The lowest BCUT2D eigenvalue weighted by molar-refractivity contribution is -0.115. The van der Waals surface area contributed by atoms with E-state index < -0.39 is 10.0 Å². The zero-order valence-corrected chi connectivity index (χ0v) is 20.9. The number of carbonyl (C=O) groups excluding carboxylic acids is 1. The Bertz CT molecular complexity index is 1350. The first-order valence-corrected chi connectivity index (χ1v) is 13.2. The first-order chi connectivity index (χ1) is 16.8. The minimum atomic E-state index is -3.86. The smallest absolute Gasteiger partial charge is 0.276 e. The quantitative estimate of drug-likeness (QED) is 0.636. The van der Waals surface area contributed by atoms with Gasteiger partial charge in [-0.3, -0.25) is 4.79 Å². The van der Waals surface area contributed by atoms with E-state index in [1.165, 1.54) is 0 Å². The molecule has 35 heavy (non-hydrogen) atoms. The fraction of sp³-hybridized carbons (Fsp3) is 0.385. The molecular formula is C26H29N3O5S. The maximum atomic E-state index is 13.0. The molecule has 2 aromatic carbocycles. The fourth-order valence-electron chi connectivity index (χ4n) is 5.29. The van der Waals surface area contributed by atoms with Crippen LogP contribution in [0.3, 0.4) is 0 Å². The highest BCUT2D eigenvalue weighted by atomic mass is 32.2. The molecule has 0 bridgehead atoms. The summed E-state index contributed by atoms with van der Waals surface area (Å²) in [6, 6.07) is 10.5. The standard InChI is InChI=1S/C26H29N3O5S/c1-16-7-9-18(10-8-16)35(31,32)28-27-20-15-22-19-14-25(34-3)24(33-2)13-17(19)11-12-29(22)21-5-4-6-23(30)26(20)21/h7-10,13-14,22,28H,4-6,11-12,15H2,1-3H3/b27-20-/t22-/m1/s1. The molecule has 1 N–H and O–H groups in total. The van der Waals surface area contributed by atoms with Gasteiger partial charge >= 0.3 is 0 Å². The monoisotopic (exact) mass is 495 g/mol. The van der Waals surface area contributed by atoms with E-state index in [-0.39, 0.29) is 16.7 Å². The molecular weight excluding hydrogens is 466 g/mol. The summed E-state index contributed by atoms with van der Waals surface area (Å²) in [5, 5.41) is 4.35. The number of hydrazone groups is 1. The van der Waals surface area contributed by atoms with Gasteiger partial charge in [-0.2, -0.15) is 18.4 Å². The van der Waals surface area contributed by atoms with E-state index in [0.717, 1.165) is 48.2 Å². The second-order valence-corrected chi connectivity index (χ2v) is 10.8. The van der Waals surface area contributed by atoms with Crippen LogP contribution in [0.4, 0.5) is 0 Å². The van der Waals surface area contributed by atoms with Crippen LogP contribution in [0.5, 0.6) is 11.5 Å². The summed E-state index contributed by atoms with van der Waals surface area (Å²) in [7, 11) is -0.632. The first-order valence-electron chi connectivity index (χ1n) is 11.8. The lowest BCUT2D eigenvalue weighted by Crippen LogP contribution is -2.43. The molecule has 3 aliphatic rings. The Balaban J connectivity index is 1.56. The highest BCUT2D eigenvalue weighted by Gasteiger charge is 2.40. The van der Waals surface area contributed by atoms with Crippen molar-refractivity contribution >= 4 is 21.5 Å². The molecule has 1 aliphatic carbocycles. The molecule has 0 fully saturated rings. The number of hydrogen-bond acceptors (Lipinski definition) is 7. The number of hydrogen-bond donors (Lipinski definition) is 1. The van der Waals surface area contributed by atoms with Crippen molar-refractivity contribution in [1.82, 2.24) is 9.73 Å². The van der Waals surface area contributed by atoms with E-state index in [1.54, 1.807) is 38.5 Å². The second-order valence-electron chi connectivity index (χ2n) is 9.13. The summed E-state index contributed by atoms with van der Waals surface area (Å²) in [6.45, 7) is 2.68.